The van der Waals surface area contributed by atoms with Gasteiger partial charge in [0.15, 0.2) is 20.4 Å². The van der Waals surface area contributed by atoms with E-state index in [1.54, 1.807) is 0 Å². The predicted octanol–water partition coefficient (Wildman–Crippen LogP) is 9.37. The second kappa shape index (κ2) is 14.2. The van der Waals surface area contributed by atoms with Crippen molar-refractivity contribution in [2.45, 2.75) is 137 Å². The molecule has 246 valence electrons. The van der Waals surface area contributed by atoms with E-state index in [2.05, 4.69) is 110 Å². The summed E-state index contributed by atoms with van der Waals surface area (Å²) in [6.45, 7) is 25.2. The van der Waals surface area contributed by atoms with Gasteiger partial charge in [-0.3, -0.25) is 4.79 Å². The Morgan fingerprint density at radius 1 is 1.09 bits per heavy atom. The van der Waals surface area contributed by atoms with Crippen molar-refractivity contribution in [1.82, 2.24) is 0 Å². The van der Waals surface area contributed by atoms with Gasteiger partial charge in [-0.2, -0.15) is 0 Å². The highest BCUT2D eigenvalue weighted by atomic mass is 28.4. The summed E-state index contributed by atoms with van der Waals surface area (Å²) in [6.07, 6.45) is 12.5. The predicted molar refractivity (Wildman–Crippen MR) is 189 cm³/mol. The maximum atomic E-state index is 14.1. The highest BCUT2D eigenvalue weighted by Gasteiger charge is 2.53. The number of allylic oxidation sites excluding steroid dienone is 2. The van der Waals surface area contributed by atoms with E-state index in [0.717, 1.165) is 51.6 Å². The first-order valence-corrected chi connectivity index (χ1v) is 23.4. The molecule has 0 bridgehead atoms. The third kappa shape index (κ3) is 7.97. The molecule has 6 heteroatoms. The minimum absolute atomic E-state index is 0.0179. The zero-order chi connectivity index (χ0) is 32.3. The first-order chi connectivity index (χ1) is 20.6. The Labute approximate surface area is 271 Å². The number of hydrogen-bond acceptors (Lipinski definition) is 4. The highest BCUT2D eigenvalue weighted by Crippen LogP contribution is 2.57. The summed E-state index contributed by atoms with van der Waals surface area (Å²) in [6, 6.07) is 11.0. The van der Waals surface area contributed by atoms with Crippen molar-refractivity contribution in [2.75, 3.05) is 13.2 Å². The van der Waals surface area contributed by atoms with Gasteiger partial charge < -0.3 is 13.9 Å². The lowest BCUT2D eigenvalue weighted by atomic mass is 9.69. The van der Waals surface area contributed by atoms with Gasteiger partial charge in [-0.25, -0.2) is 0 Å². The fourth-order valence-corrected chi connectivity index (χ4v) is 11.7. The molecule has 0 amide bonds. The maximum absolute atomic E-state index is 14.1. The molecule has 2 unspecified atom stereocenters. The van der Waals surface area contributed by atoms with Crippen LogP contribution in [-0.2, 0) is 18.7 Å². The van der Waals surface area contributed by atoms with Crippen molar-refractivity contribution < 1.29 is 18.7 Å². The summed E-state index contributed by atoms with van der Waals surface area (Å²) in [5, 5.41) is 3.05. The Morgan fingerprint density at radius 3 is 2.41 bits per heavy atom. The summed E-state index contributed by atoms with van der Waals surface area (Å²) < 4.78 is 19.2. The van der Waals surface area contributed by atoms with Crippen LogP contribution in [0.15, 0.2) is 53.3 Å². The Bertz CT molecular complexity index is 1170. The fraction of sp³-hybridized carbons (Fsp3) is 0.711. The van der Waals surface area contributed by atoms with Gasteiger partial charge in [0.25, 0.3) is 0 Å². The monoisotopic (exact) mass is 638 g/mol. The molecule has 0 aromatic heterocycles. The molecule has 1 aromatic carbocycles. The first-order valence-electron chi connectivity index (χ1n) is 17.5. The normalized spacial score (nSPS) is 29.0. The number of hydrogen-bond donors (Lipinski definition) is 0. The first kappa shape index (κ1) is 35.5. The van der Waals surface area contributed by atoms with E-state index in [4.69, 9.17) is 13.9 Å². The van der Waals surface area contributed by atoms with E-state index in [-0.39, 0.29) is 28.8 Å². The van der Waals surface area contributed by atoms with Crippen LogP contribution in [0.5, 0.6) is 0 Å². The molecule has 1 heterocycles. The molecule has 1 aliphatic heterocycles. The minimum atomic E-state index is -1.99. The van der Waals surface area contributed by atoms with Gasteiger partial charge in [-0.15, -0.1) is 0 Å². The van der Waals surface area contributed by atoms with Crippen LogP contribution < -0.4 is 5.19 Å². The molecular weight excluding hydrogens is 577 g/mol. The van der Waals surface area contributed by atoms with Crippen LogP contribution in [0.4, 0.5) is 0 Å². The molecule has 5 atom stereocenters. The second-order valence-electron chi connectivity index (χ2n) is 16.5. The molecule has 1 saturated carbocycles. The molecule has 0 N–H and O–H groups in total. The van der Waals surface area contributed by atoms with Crippen LogP contribution in [0.25, 0.3) is 0 Å². The number of rotatable bonds is 11. The van der Waals surface area contributed by atoms with Crippen LogP contribution >= 0.6 is 0 Å². The van der Waals surface area contributed by atoms with Crippen molar-refractivity contribution in [1.29, 1.82) is 0 Å². The van der Waals surface area contributed by atoms with Crippen LogP contribution in [-0.4, -0.2) is 47.8 Å². The zero-order valence-electron chi connectivity index (χ0n) is 29.6. The average molecular weight is 639 g/mol. The molecule has 4 rings (SSSR count). The number of carbonyl (C=O) groups excluding carboxylic acids is 1. The summed E-state index contributed by atoms with van der Waals surface area (Å²) in [5.74, 6) is 1.41. The Kier molecular flexibility index (Phi) is 11.5. The Morgan fingerprint density at radius 2 is 1.80 bits per heavy atom. The molecule has 0 spiro atoms. The van der Waals surface area contributed by atoms with Gasteiger partial charge in [0.1, 0.15) is 8.07 Å². The molecule has 1 aromatic rings. The van der Waals surface area contributed by atoms with Gasteiger partial charge >= 0.3 is 0 Å². The number of carbonyl (C=O) groups is 1. The summed E-state index contributed by atoms with van der Waals surface area (Å²) in [4.78, 5) is 14.1. The van der Waals surface area contributed by atoms with Crippen LogP contribution in [0.3, 0.4) is 0 Å². The van der Waals surface area contributed by atoms with Crippen molar-refractivity contribution in [3.05, 3.63) is 53.3 Å². The van der Waals surface area contributed by atoms with Crippen LogP contribution in [0.2, 0.25) is 31.2 Å². The Balaban J connectivity index is 1.58. The fourth-order valence-electron chi connectivity index (χ4n) is 7.70. The molecule has 3 aliphatic rings. The summed E-state index contributed by atoms with van der Waals surface area (Å²) in [7, 11) is -3.92. The van der Waals surface area contributed by atoms with E-state index in [0.29, 0.717) is 24.2 Å². The van der Waals surface area contributed by atoms with Crippen LogP contribution in [0, 0.1) is 23.2 Å². The molecule has 1 saturated heterocycles. The van der Waals surface area contributed by atoms with Gasteiger partial charge in [0.05, 0.1) is 12.7 Å². The molecule has 0 radical (unpaired) electrons. The molecule has 44 heavy (non-hydrogen) atoms. The van der Waals surface area contributed by atoms with Crippen molar-refractivity contribution in [3.63, 3.8) is 0 Å². The van der Waals surface area contributed by atoms with E-state index < -0.39 is 16.4 Å². The SMILES string of the molecule is CC(C)[C@H]1C[C@H](O[Si](C)(C)C(C)(C)C)C2=CC(=O)C(C/C=C(\CCOC3CCCCO3)[Si](C)(C)c3ccccc3)CC[C@@]21C. The maximum Gasteiger partial charge on any atom is 0.192 e. The van der Waals surface area contributed by atoms with E-state index >= 15 is 0 Å². The number of benzene rings is 1. The lowest BCUT2D eigenvalue weighted by Crippen LogP contribution is -2.44. The summed E-state index contributed by atoms with van der Waals surface area (Å²) >= 11 is 0. The number of fused-ring (bicyclic) bond motifs is 1. The average Bonchev–Trinajstić information content (AvgIpc) is 3.14. The van der Waals surface area contributed by atoms with E-state index in [9.17, 15) is 4.79 Å². The quantitative estimate of drug-likeness (QED) is 0.227. The molecule has 2 fully saturated rings. The number of ether oxygens (including phenoxy) is 2. The molecular formula is C38H62O4Si2. The van der Waals surface area contributed by atoms with Crippen molar-refractivity contribution in [2.24, 2.45) is 23.2 Å². The zero-order valence-corrected chi connectivity index (χ0v) is 31.6. The standard InChI is InChI=1S/C38H62O4Si2/c1-28(2)32-27-35(42-44(9,10)37(3,4)5)33-26-34(39)29(21-23-38(32,33)6)19-20-31(22-25-41-36-18-14-15-24-40-36)43(7,8)30-16-12-11-13-17-30/h11-13,16-17,20,26,28-29,32,35-36H,14-15,18-19,21-25,27H2,1-10H3/b31-20+/t29?,32-,35+,36?,38-/m1/s1. The lowest BCUT2D eigenvalue weighted by molar-refractivity contribution is -0.161. The largest absolute Gasteiger partial charge is 0.410 e. The van der Waals surface area contributed by atoms with Crippen LogP contribution in [0.1, 0.15) is 92.9 Å². The van der Waals surface area contributed by atoms with Gasteiger partial charge in [0, 0.05) is 12.5 Å². The Hall–Kier alpha value is -1.32. The third-order valence-corrected chi connectivity index (χ3v) is 20.1. The van der Waals surface area contributed by atoms with Crippen molar-refractivity contribution >= 4 is 27.4 Å². The van der Waals surface area contributed by atoms with Gasteiger partial charge in [0.2, 0.25) is 0 Å². The topological polar surface area (TPSA) is 44.8 Å². The number of ketones is 1. The van der Waals surface area contributed by atoms with E-state index in [1.807, 2.05) is 0 Å². The summed E-state index contributed by atoms with van der Waals surface area (Å²) in [5.41, 5.74) is 1.31. The third-order valence-electron chi connectivity index (χ3n) is 11.8. The van der Waals surface area contributed by atoms with E-state index in [1.165, 1.54) is 22.4 Å². The smallest absolute Gasteiger partial charge is 0.192 e. The van der Waals surface area contributed by atoms with Gasteiger partial charge in [-0.1, -0.05) is 101 Å². The highest BCUT2D eigenvalue weighted by molar-refractivity contribution is 6.95. The molecule has 4 nitrogen and oxygen atoms in total. The minimum Gasteiger partial charge on any atom is -0.410 e. The van der Waals surface area contributed by atoms with Gasteiger partial charge in [-0.05, 0) is 98.4 Å². The second-order valence-corrected chi connectivity index (χ2v) is 25.7. The van der Waals surface area contributed by atoms with Crippen molar-refractivity contribution in [3.8, 4) is 0 Å². The lowest BCUT2D eigenvalue weighted by Gasteiger charge is -2.39. The molecule has 2 aliphatic carbocycles.